The van der Waals surface area contributed by atoms with Crippen molar-refractivity contribution >= 4 is 11.4 Å². The number of para-hydroxylation sites is 1. The molecule has 94 valence electrons. The maximum Gasteiger partial charge on any atom is 0.253 e. The molecule has 0 aliphatic rings. The van der Waals surface area contributed by atoms with Crippen LogP contribution in [0.3, 0.4) is 0 Å². The molecule has 2 rings (SSSR count). The molecule has 0 aliphatic carbocycles. The number of nitrogens with zero attached hydrogens (tertiary/aromatic N) is 1. The van der Waals surface area contributed by atoms with Crippen molar-refractivity contribution in [2.45, 2.75) is 0 Å². The van der Waals surface area contributed by atoms with E-state index in [-0.39, 0.29) is 5.69 Å². The Hall–Kier alpha value is -2.18. The van der Waals surface area contributed by atoms with Crippen molar-refractivity contribution in [3.63, 3.8) is 0 Å². The van der Waals surface area contributed by atoms with Gasteiger partial charge in [-0.05, 0) is 12.1 Å². The lowest BCUT2D eigenvalue weighted by Gasteiger charge is -2.09. The summed E-state index contributed by atoms with van der Waals surface area (Å²) in [7, 11) is 0. The average Bonchev–Trinajstić information content (AvgIpc) is 2.34. The molecule has 0 amide bonds. The van der Waals surface area contributed by atoms with Gasteiger partial charge in [0, 0.05) is 0 Å². The summed E-state index contributed by atoms with van der Waals surface area (Å²) < 4.78 is 65.3. The summed E-state index contributed by atoms with van der Waals surface area (Å²) in [6, 6.07) is 4.91. The highest BCUT2D eigenvalue weighted by molar-refractivity contribution is 5.60. The highest BCUT2D eigenvalue weighted by atomic mass is 19.2. The van der Waals surface area contributed by atoms with Crippen molar-refractivity contribution < 1.29 is 22.0 Å². The van der Waals surface area contributed by atoms with Crippen molar-refractivity contribution in [2.75, 3.05) is 5.32 Å². The molecule has 0 radical (unpaired) electrons. The van der Waals surface area contributed by atoms with E-state index in [1.165, 1.54) is 12.1 Å². The molecule has 2 aromatic rings. The minimum absolute atomic E-state index is 0.319. The summed E-state index contributed by atoms with van der Waals surface area (Å²) in [5, 5.41) is 1.95. The van der Waals surface area contributed by atoms with Crippen LogP contribution in [-0.2, 0) is 0 Å². The van der Waals surface area contributed by atoms with Crippen LogP contribution in [0.2, 0.25) is 0 Å². The number of anilines is 2. The molecule has 1 aromatic heterocycles. The molecule has 2 nitrogen and oxygen atoms in total. The van der Waals surface area contributed by atoms with E-state index in [4.69, 9.17) is 0 Å². The number of rotatable bonds is 2. The highest BCUT2D eigenvalue weighted by Crippen LogP contribution is 2.26. The summed E-state index contributed by atoms with van der Waals surface area (Å²) in [5.41, 5.74) is -1.45. The number of aromatic nitrogens is 1. The van der Waals surface area contributed by atoms with Gasteiger partial charge in [-0.3, -0.25) is 0 Å². The van der Waals surface area contributed by atoms with E-state index >= 15 is 0 Å². The molecule has 0 saturated heterocycles. The fourth-order valence-corrected chi connectivity index (χ4v) is 1.29. The Labute approximate surface area is 98.1 Å². The topological polar surface area (TPSA) is 24.9 Å². The number of benzene rings is 1. The Morgan fingerprint density at radius 2 is 1.39 bits per heavy atom. The van der Waals surface area contributed by atoms with Gasteiger partial charge in [-0.15, -0.1) is 0 Å². The molecule has 1 N–H and O–H groups in total. The summed E-state index contributed by atoms with van der Waals surface area (Å²) in [4.78, 5) is 2.38. The third-order valence-electron chi connectivity index (χ3n) is 2.13. The Morgan fingerprint density at radius 1 is 0.833 bits per heavy atom. The van der Waals surface area contributed by atoms with Crippen LogP contribution in [0.25, 0.3) is 0 Å². The van der Waals surface area contributed by atoms with Gasteiger partial charge in [-0.2, -0.15) is 22.5 Å². The molecule has 0 unspecified atom stereocenters. The first kappa shape index (κ1) is 12.3. The summed E-state index contributed by atoms with van der Waals surface area (Å²) in [5.74, 6) is -7.90. The molecule has 1 heterocycles. The van der Waals surface area contributed by atoms with Gasteiger partial charge in [-0.1, -0.05) is 12.1 Å². The normalized spacial score (nSPS) is 10.5. The second kappa shape index (κ2) is 4.59. The predicted octanol–water partition coefficient (Wildman–Crippen LogP) is 3.52. The Bertz CT molecular complexity index is 574. The Morgan fingerprint density at radius 3 is 1.94 bits per heavy atom. The second-order valence-corrected chi connectivity index (χ2v) is 3.30. The fourth-order valence-electron chi connectivity index (χ4n) is 1.29. The van der Waals surface area contributed by atoms with Crippen LogP contribution in [0.4, 0.5) is 33.3 Å². The average molecular weight is 260 g/mol. The molecule has 18 heavy (non-hydrogen) atoms. The highest BCUT2D eigenvalue weighted by Gasteiger charge is 2.21. The number of nitrogens with one attached hydrogen (secondary N) is 1. The van der Waals surface area contributed by atoms with Crippen LogP contribution in [-0.4, -0.2) is 4.98 Å². The SMILES string of the molecule is Fc1ccccc1Nc1c(F)c(F)nc(F)c1F. The first-order valence-electron chi connectivity index (χ1n) is 4.72. The van der Waals surface area contributed by atoms with Crippen LogP contribution >= 0.6 is 0 Å². The van der Waals surface area contributed by atoms with E-state index in [0.717, 1.165) is 12.1 Å². The predicted molar refractivity (Wildman–Crippen MR) is 53.8 cm³/mol. The largest absolute Gasteiger partial charge is 0.348 e. The zero-order valence-electron chi connectivity index (χ0n) is 8.65. The molecule has 0 saturated carbocycles. The van der Waals surface area contributed by atoms with Crippen molar-refractivity contribution in [3.8, 4) is 0 Å². The lowest BCUT2D eigenvalue weighted by Crippen LogP contribution is -2.06. The molecule has 7 heteroatoms. The fraction of sp³-hybridized carbons (Fsp3) is 0. The van der Waals surface area contributed by atoms with E-state index < -0.39 is 35.0 Å². The minimum Gasteiger partial charge on any atom is -0.348 e. The van der Waals surface area contributed by atoms with Gasteiger partial charge in [-0.25, -0.2) is 4.39 Å². The van der Waals surface area contributed by atoms with E-state index in [1.807, 2.05) is 5.32 Å². The van der Waals surface area contributed by atoms with Crippen LogP contribution in [0.1, 0.15) is 0 Å². The summed E-state index contributed by atoms with van der Waals surface area (Å²) >= 11 is 0. The number of halogens is 5. The summed E-state index contributed by atoms with van der Waals surface area (Å²) in [6.07, 6.45) is 0. The molecular weight excluding hydrogens is 255 g/mol. The van der Waals surface area contributed by atoms with E-state index in [1.54, 1.807) is 0 Å². The van der Waals surface area contributed by atoms with Gasteiger partial charge in [0.25, 0.3) is 11.9 Å². The van der Waals surface area contributed by atoms with Gasteiger partial charge >= 0.3 is 0 Å². The molecule has 0 bridgehead atoms. The van der Waals surface area contributed by atoms with E-state index in [2.05, 4.69) is 4.98 Å². The van der Waals surface area contributed by atoms with Crippen LogP contribution in [0.5, 0.6) is 0 Å². The van der Waals surface area contributed by atoms with Gasteiger partial charge in [0.2, 0.25) is 11.6 Å². The molecule has 0 spiro atoms. The Kier molecular flexibility index (Phi) is 3.14. The van der Waals surface area contributed by atoms with Gasteiger partial charge in [0.1, 0.15) is 11.5 Å². The zero-order chi connectivity index (χ0) is 13.3. The monoisotopic (exact) mass is 260 g/mol. The van der Waals surface area contributed by atoms with Gasteiger partial charge in [0.05, 0.1) is 5.69 Å². The first-order valence-corrected chi connectivity index (χ1v) is 4.72. The molecule has 0 aliphatic heterocycles. The quantitative estimate of drug-likeness (QED) is 0.660. The van der Waals surface area contributed by atoms with Crippen LogP contribution < -0.4 is 5.32 Å². The van der Waals surface area contributed by atoms with Crippen LogP contribution in [0, 0.1) is 29.3 Å². The lowest BCUT2D eigenvalue weighted by atomic mass is 10.2. The minimum atomic E-state index is -1.81. The number of pyridine rings is 1. The molecule has 0 atom stereocenters. The standard InChI is InChI=1S/C11H5F5N2/c12-5-3-1-2-4-6(5)17-9-7(13)10(15)18-11(16)8(9)14/h1-4H,(H,17,18). The van der Waals surface area contributed by atoms with E-state index in [9.17, 15) is 22.0 Å². The van der Waals surface area contributed by atoms with Crippen molar-refractivity contribution in [1.29, 1.82) is 0 Å². The molecule has 0 fully saturated rings. The zero-order valence-corrected chi connectivity index (χ0v) is 8.65. The number of hydrogen-bond donors (Lipinski definition) is 1. The van der Waals surface area contributed by atoms with Gasteiger partial charge < -0.3 is 5.32 Å². The smallest absolute Gasteiger partial charge is 0.253 e. The second-order valence-electron chi connectivity index (χ2n) is 3.30. The van der Waals surface area contributed by atoms with E-state index in [0.29, 0.717) is 0 Å². The molecular formula is C11H5F5N2. The number of hydrogen-bond acceptors (Lipinski definition) is 2. The maximum absolute atomic E-state index is 13.2. The first-order chi connectivity index (χ1) is 8.50. The third-order valence-corrected chi connectivity index (χ3v) is 2.13. The van der Waals surface area contributed by atoms with Crippen molar-refractivity contribution in [2.24, 2.45) is 0 Å². The van der Waals surface area contributed by atoms with Crippen molar-refractivity contribution in [3.05, 3.63) is 53.6 Å². The Balaban J connectivity index is 2.50. The van der Waals surface area contributed by atoms with Crippen molar-refractivity contribution in [1.82, 2.24) is 4.98 Å². The molecule has 1 aromatic carbocycles. The van der Waals surface area contributed by atoms with Crippen LogP contribution in [0.15, 0.2) is 24.3 Å². The van der Waals surface area contributed by atoms with Gasteiger partial charge in [0.15, 0.2) is 0 Å². The summed E-state index contributed by atoms with van der Waals surface area (Å²) in [6.45, 7) is 0. The maximum atomic E-state index is 13.2. The third kappa shape index (κ3) is 2.11. The lowest BCUT2D eigenvalue weighted by molar-refractivity contribution is 0.411.